The summed E-state index contributed by atoms with van der Waals surface area (Å²) in [5.41, 5.74) is 3.12. The van der Waals surface area contributed by atoms with Crippen molar-refractivity contribution in [2.24, 2.45) is 4.99 Å². The van der Waals surface area contributed by atoms with E-state index in [1.165, 1.54) is 0 Å². The van der Waals surface area contributed by atoms with Crippen molar-refractivity contribution < 1.29 is 9.59 Å². The van der Waals surface area contributed by atoms with Crippen molar-refractivity contribution in [2.45, 2.75) is 32.4 Å². The highest BCUT2D eigenvalue weighted by molar-refractivity contribution is 5.95. The van der Waals surface area contributed by atoms with Crippen LogP contribution in [0.25, 0.3) is 0 Å². The standard InChI is InChI=1S/C23H29N5O2/c1-24-23(25-14-13-21(29)26-16-18-6-3-2-4-7-18)27-17-19-9-11-20(12-10-19)28-15-5-8-22(28)30/h2-4,6-7,9-12H,5,8,13-17H2,1H3,(H,26,29)(H2,24,25,27). The van der Waals surface area contributed by atoms with E-state index in [1.807, 2.05) is 59.5 Å². The molecule has 2 aromatic rings. The molecule has 3 rings (SSSR count). The van der Waals surface area contributed by atoms with Gasteiger partial charge in [0.05, 0.1) is 0 Å². The Labute approximate surface area is 177 Å². The van der Waals surface area contributed by atoms with Crippen LogP contribution in [-0.4, -0.2) is 37.9 Å². The highest BCUT2D eigenvalue weighted by Gasteiger charge is 2.21. The Balaban J connectivity index is 1.36. The predicted molar refractivity (Wildman–Crippen MR) is 119 cm³/mol. The number of hydrogen-bond acceptors (Lipinski definition) is 3. The van der Waals surface area contributed by atoms with E-state index in [4.69, 9.17) is 0 Å². The van der Waals surface area contributed by atoms with Gasteiger partial charge in [0.2, 0.25) is 11.8 Å². The van der Waals surface area contributed by atoms with Crippen LogP contribution in [0.1, 0.15) is 30.4 Å². The summed E-state index contributed by atoms with van der Waals surface area (Å²) in [5.74, 6) is 0.830. The van der Waals surface area contributed by atoms with Crippen molar-refractivity contribution in [1.82, 2.24) is 16.0 Å². The Bertz CT molecular complexity index is 865. The summed E-state index contributed by atoms with van der Waals surface area (Å²) in [4.78, 5) is 29.9. The Morgan fingerprint density at radius 3 is 2.33 bits per heavy atom. The van der Waals surface area contributed by atoms with Gasteiger partial charge in [0.15, 0.2) is 5.96 Å². The average molecular weight is 408 g/mol. The van der Waals surface area contributed by atoms with E-state index >= 15 is 0 Å². The molecule has 0 atom stereocenters. The van der Waals surface area contributed by atoms with Gasteiger partial charge in [-0.1, -0.05) is 42.5 Å². The normalized spacial score (nSPS) is 14.0. The van der Waals surface area contributed by atoms with E-state index < -0.39 is 0 Å². The van der Waals surface area contributed by atoms with Gasteiger partial charge < -0.3 is 20.9 Å². The molecular formula is C23H29N5O2. The average Bonchev–Trinajstić information content (AvgIpc) is 3.21. The maximum absolute atomic E-state index is 12.0. The number of anilines is 1. The number of nitrogens with one attached hydrogen (secondary N) is 3. The molecule has 1 aliphatic heterocycles. The smallest absolute Gasteiger partial charge is 0.227 e. The fourth-order valence-electron chi connectivity index (χ4n) is 3.30. The van der Waals surface area contributed by atoms with Crippen molar-refractivity contribution in [3.05, 3.63) is 65.7 Å². The maximum atomic E-state index is 12.0. The van der Waals surface area contributed by atoms with Gasteiger partial charge in [-0.3, -0.25) is 14.6 Å². The number of carbonyl (C=O) groups is 2. The number of hydrogen-bond donors (Lipinski definition) is 3. The minimum atomic E-state index is -0.00569. The second kappa shape index (κ2) is 11.0. The molecule has 0 radical (unpaired) electrons. The second-order valence-electron chi connectivity index (χ2n) is 7.18. The van der Waals surface area contributed by atoms with Crippen molar-refractivity contribution in [2.75, 3.05) is 25.0 Å². The minimum Gasteiger partial charge on any atom is -0.356 e. The SMILES string of the molecule is CN=C(NCCC(=O)NCc1ccccc1)NCc1ccc(N2CCCC2=O)cc1. The first-order chi connectivity index (χ1) is 14.7. The van der Waals surface area contributed by atoms with E-state index in [-0.39, 0.29) is 11.8 Å². The van der Waals surface area contributed by atoms with Gasteiger partial charge in [-0.25, -0.2) is 0 Å². The van der Waals surface area contributed by atoms with Gasteiger partial charge in [0.1, 0.15) is 0 Å². The van der Waals surface area contributed by atoms with E-state index in [0.29, 0.717) is 38.4 Å². The minimum absolute atomic E-state index is 0.00569. The molecule has 0 bridgehead atoms. The zero-order chi connectivity index (χ0) is 21.2. The van der Waals surface area contributed by atoms with Gasteiger partial charge in [-0.15, -0.1) is 0 Å². The van der Waals surface area contributed by atoms with E-state index in [1.54, 1.807) is 7.05 Å². The first-order valence-electron chi connectivity index (χ1n) is 10.3. The number of nitrogens with zero attached hydrogens (tertiary/aromatic N) is 2. The number of carbonyl (C=O) groups excluding carboxylic acids is 2. The monoisotopic (exact) mass is 407 g/mol. The maximum Gasteiger partial charge on any atom is 0.227 e. The Morgan fingerprint density at radius 2 is 1.67 bits per heavy atom. The van der Waals surface area contributed by atoms with Crippen LogP contribution >= 0.6 is 0 Å². The van der Waals surface area contributed by atoms with Crippen LogP contribution in [0.3, 0.4) is 0 Å². The molecule has 0 unspecified atom stereocenters. The van der Waals surface area contributed by atoms with Gasteiger partial charge in [-0.2, -0.15) is 0 Å². The number of aliphatic imine (C=N–C) groups is 1. The molecule has 158 valence electrons. The van der Waals surface area contributed by atoms with Crippen molar-refractivity contribution in [3.8, 4) is 0 Å². The summed E-state index contributed by atoms with van der Waals surface area (Å²) < 4.78 is 0. The third kappa shape index (κ3) is 6.34. The molecule has 2 amide bonds. The molecule has 0 saturated carbocycles. The molecule has 2 aromatic carbocycles. The zero-order valence-corrected chi connectivity index (χ0v) is 17.4. The predicted octanol–water partition coefficient (Wildman–Crippen LogP) is 2.18. The molecule has 7 nitrogen and oxygen atoms in total. The van der Waals surface area contributed by atoms with E-state index in [9.17, 15) is 9.59 Å². The fourth-order valence-corrected chi connectivity index (χ4v) is 3.30. The lowest BCUT2D eigenvalue weighted by Crippen LogP contribution is -2.38. The van der Waals surface area contributed by atoms with Crippen molar-refractivity contribution >= 4 is 23.5 Å². The summed E-state index contributed by atoms with van der Waals surface area (Å²) >= 11 is 0. The van der Waals surface area contributed by atoms with Crippen LogP contribution in [0.4, 0.5) is 5.69 Å². The highest BCUT2D eigenvalue weighted by Crippen LogP contribution is 2.21. The third-order valence-electron chi connectivity index (χ3n) is 4.98. The molecule has 0 aliphatic carbocycles. The molecule has 7 heteroatoms. The first kappa shape index (κ1) is 21.4. The second-order valence-corrected chi connectivity index (χ2v) is 7.18. The lowest BCUT2D eigenvalue weighted by atomic mass is 10.2. The van der Waals surface area contributed by atoms with Crippen molar-refractivity contribution in [1.29, 1.82) is 0 Å². The van der Waals surface area contributed by atoms with E-state index in [0.717, 1.165) is 29.8 Å². The fraction of sp³-hybridized carbons (Fsp3) is 0.348. The first-order valence-corrected chi connectivity index (χ1v) is 10.3. The largest absolute Gasteiger partial charge is 0.356 e. The number of benzene rings is 2. The van der Waals surface area contributed by atoms with Crippen molar-refractivity contribution in [3.63, 3.8) is 0 Å². The van der Waals surface area contributed by atoms with Gasteiger partial charge in [0, 0.05) is 51.8 Å². The summed E-state index contributed by atoms with van der Waals surface area (Å²) in [6, 6.07) is 17.8. The molecule has 30 heavy (non-hydrogen) atoms. The summed E-state index contributed by atoms with van der Waals surface area (Å²) in [6.45, 7) is 2.43. The quantitative estimate of drug-likeness (QED) is 0.463. The number of amides is 2. The van der Waals surface area contributed by atoms with Crippen LogP contribution in [0.2, 0.25) is 0 Å². The lowest BCUT2D eigenvalue weighted by Gasteiger charge is -2.16. The number of guanidine groups is 1. The molecule has 1 fully saturated rings. The molecule has 0 aromatic heterocycles. The number of rotatable bonds is 8. The summed E-state index contributed by atoms with van der Waals surface area (Å²) in [7, 11) is 1.70. The molecular weight excluding hydrogens is 378 g/mol. The Kier molecular flexibility index (Phi) is 7.83. The Hall–Kier alpha value is -3.35. The van der Waals surface area contributed by atoms with Crippen LogP contribution in [0, 0.1) is 0 Å². The van der Waals surface area contributed by atoms with Crippen LogP contribution in [0.5, 0.6) is 0 Å². The van der Waals surface area contributed by atoms with Gasteiger partial charge >= 0.3 is 0 Å². The molecule has 1 heterocycles. The van der Waals surface area contributed by atoms with Crippen LogP contribution in [-0.2, 0) is 22.7 Å². The van der Waals surface area contributed by atoms with Gasteiger partial charge in [0.25, 0.3) is 0 Å². The Morgan fingerprint density at radius 1 is 0.967 bits per heavy atom. The molecule has 0 spiro atoms. The van der Waals surface area contributed by atoms with Gasteiger partial charge in [-0.05, 0) is 29.7 Å². The third-order valence-corrected chi connectivity index (χ3v) is 4.98. The lowest BCUT2D eigenvalue weighted by molar-refractivity contribution is -0.121. The van der Waals surface area contributed by atoms with Crippen LogP contribution < -0.4 is 20.9 Å². The topological polar surface area (TPSA) is 85.8 Å². The molecule has 1 saturated heterocycles. The van der Waals surface area contributed by atoms with Crippen LogP contribution in [0.15, 0.2) is 59.6 Å². The molecule has 3 N–H and O–H groups in total. The molecule has 1 aliphatic rings. The van der Waals surface area contributed by atoms with E-state index in [2.05, 4.69) is 20.9 Å². The summed E-state index contributed by atoms with van der Waals surface area (Å²) in [5, 5.41) is 9.31. The highest BCUT2D eigenvalue weighted by atomic mass is 16.2. The summed E-state index contributed by atoms with van der Waals surface area (Å²) in [6.07, 6.45) is 1.93. The zero-order valence-electron chi connectivity index (χ0n) is 17.4.